The van der Waals surface area contributed by atoms with Crippen molar-refractivity contribution in [2.45, 2.75) is 51.7 Å². The maximum Gasteiger partial charge on any atom is 0.252 e. The molecule has 1 aromatic carbocycles. The third-order valence-electron chi connectivity index (χ3n) is 7.07. The van der Waals surface area contributed by atoms with Crippen LogP contribution >= 0.6 is 23.2 Å². The minimum Gasteiger partial charge on any atom is -0.353 e. The van der Waals surface area contributed by atoms with Crippen molar-refractivity contribution in [1.29, 1.82) is 0 Å². The van der Waals surface area contributed by atoms with E-state index in [0.717, 1.165) is 56.5 Å². The molecule has 3 heterocycles. The number of anilines is 1. The SMILES string of the molecule is CCNC(=O)c1cnc(N2CCN(C3CCN(Cc4ccc(Cl)cc4)CC3)[C@@H](CC)C2)c(Cl)c1. The van der Waals surface area contributed by atoms with Gasteiger partial charge in [0.05, 0.1) is 10.6 Å². The summed E-state index contributed by atoms with van der Waals surface area (Å²) in [6.07, 6.45) is 5.13. The van der Waals surface area contributed by atoms with Gasteiger partial charge in [-0.2, -0.15) is 0 Å². The third-order valence-corrected chi connectivity index (χ3v) is 7.60. The topological polar surface area (TPSA) is 51.7 Å². The van der Waals surface area contributed by atoms with Crippen molar-refractivity contribution in [2.75, 3.05) is 44.2 Å². The second-order valence-electron chi connectivity index (χ2n) is 9.27. The first kappa shape index (κ1) is 25.2. The molecule has 0 aliphatic carbocycles. The Morgan fingerprint density at radius 1 is 1.09 bits per heavy atom. The van der Waals surface area contributed by atoms with Gasteiger partial charge in [-0.1, -0.05) is 42.3 Å². The van der Waals surface area contributed by atoms with E-state index in [4.69, 9.17) is 23.2 Å². The first-order chi connectivity index (χ1) is 16.5. The van der Waals surface area contributed by atoms with Crippen molar-refractivity contribution in [3.63, 3.8) is 0 Å². The fraction of sp³-hybridized carbons (Fsp3) is 0.538. The number of piperazine rings is 1. The lowest BCUT2D eigenvalue weighted by Crippen LogP contribution is -2.58. The van der Waals surface area contributed by atoms with Gasteiger partial charge in [0, 0.05) is 56.0 Å². The molecule has 2 aromatic rings. The fourth-order valence-electron chi connectivity index (χ4n) is 5.21. The van der Waals surface area contributed by atoms with Crippen LogP contribution in [0.25, 0.3) is 0 Å². The van der Waals surface area contributed by atoms with Crippen LogP contribution in [0.4, 0.5) is 5.82 Å². The van der Waals surface area contributed by atoms with E-state index < -0.39 is 0 Å². The van der Waals surface area contributed by atoms with E-state index in [9.17, 15) is 4.79 Å². The monoisotopic (exact) mass is 503 g/mol. The molecule has 1 N–H and O–H groups in total. The molecule has 0 spiro atoms. The number of amides is 1. The largest absolute Gasteiger partial charge is 0.353 e. The number of likely N-dealkylation sites (tertiary alicyclic amines) is 1. The number of aromatic nitrogens is 1. The standard InChI is InChI=1S/C26H35Cl2N5O/c1-3-22-18-32(25-24(28)15-20(16-30-25)26(34)29-4-2)13-14-33(22)23-9-11-31(12-10-23)17-19-5-7-21(27)8-6-19/h5-8,15-16,22-23H,3-4,9-14,17-18H2,1-2H3,(H,29,34)/t22-/m0/s1. The second kappa shape index (κ2) is 11.7. The van der Waals surface area contributed by atoms with Crippen molar-refractivity contribution in [1.82, 2.24) is 20.1 Å². The first-order valence-corrected chi connectivity index (χ1v) is 13.1. The van der Waals surface area contributed by atoms with Gasteiger partial charge in [-0.15, -0.1) is 0 Å². The summed E-state index contributed by atoms with van der Waals surface area (Å²) in [4.78, 5) is 24.2. The number of nitrogens with one attached hydrogen (secondary N) is 1. The van der Waals surface area contributed by atoms with E-state index in [-0.39, 0.29) is 5.91 Å². The molecule has 34 heavy (non-hydrogen) atoms. The predicted molar refractivity (Wildman–Crippen MR) is 140 cm³/mol. The quantitative estimate of drug-likeness (QED) is 0.593. The lowest BCUT2D eigenvalue weighted by molar-refractivity contribution is 0.0610. The number of hydrogen-bond acceptors (Lipinski definition) is 5. The average Bonchev–Trinajstić information content (AvgIpc) is 2.85. The summed E-state index contributed by atoms with van der Waals surface area (Å²) in [6, 6.07) is 11.0. The smallest absolute Gasteiger partial charge is 0.252 e. The normalized spacial score (nSPS) is 20.5. The molecule has 2 aliphatic rings. The summed E-state index contributed by atoms with van der Waals surface area (Å²) in [7, 11) is 0. The van der Waals surface area contributed by atoms with Crippen LogP contribution in [0.2, 0.25) is 10.0 Å². The summed E-state index contributed by atoms with van der Waals surface area (Å²) in [5.74, 6) is 0.646. The molecule has 8 heteroatoms. The van der Waals surface area contributed by atoms with E-state index >= 15 is 0 Å². The highest BCUT2D eigenvalue weighted by atomic mass is 35.5. The molecule has 0 radical (unpaired) electrons. The van der Waals surface area contributed by atoms with Crippen LogP contribution in [-0.4, -0.2) is 72.0 Å². The number of rotatable bonds is 7. The van der Waals surface area contributed by atoms with Gasteiger partial charge >= 0.3 is 0 Å². The molecular weight excluding hydrogens is 469 g/mol. The van der Waals surface area contributed by atoms with E-state index in [1.807, 2.05) is 19.1 Å². The lowest BCUT2D eigenvalue weighted by atomic mass is 9.98. The van der Waals surface area contributed by atoms with E-state index in [1.165, 1.54) is 18.4 Å². The Morgan fingerprint density at radius 3 is 2.47 bits per heavy atom. The Labute approximate surface area is 213 Å². The second-order valence-corrected chi connectivity index (χ2v) is 10.1. The van der Waals surface area contributed by atoms with Crippen LogP contribution < -0.4 is 10.2 Å². The number of hydrogen-bond donors (Lipinski definition) is 1. The van der Waals surface area contributed by atoms with Gasteiger partial charge < -0.3 is 10.2 Å². The molecule has 2 fully saturated rings. The summed E-state index contributed by atoms with van der Waals surface area (Å²) < 4.78 is 0. The summed E-state index contributed by atoms with van der Waals surface area (Å²) in [6.45, 7) is 10.8. The predicted octanol–water partition coefficient (Wildman–Crippen LogP) is 4.70. The maximum absolute atomic E-state index is 12.1. The molecule has 0 bridgehead atoms. The third kappa shape index (κ3) is 6.03. The number of carbonyl (C=O) groups excluding carboxylic acids is 1. The molecule has 2 saturated heterocycles. The molecule has 184 valence electrons. The van der Waals surface area contributed by atoms with Crippen LogP contribution in [0.5, 0.6) is 0 Å². The van der Waals surface area contributed by atoms with Crippen molar-refractivity contribution in [2.24, 2.45) is 0 Å². The van der Waals surface area contributed by atoms with Gasteiger partial charge in [0.1, 0.15) is 5.82 Å². The highest BCUT2D eigenvalue weighted by Gasteiger charge is 2.34. The average molecular weight is 505 g/mol. The summed E-state index contributed by atoms with van der Waals surface area (Å²) in [5.41, 5.74) is 1.83. The number of nitrogens with zero attached hydrogens (tertiary/aromatic N) is 4. The molecule has 1 atom stereocenters. The van der Waals surface area contributed by atoms with Gasteiger partial charge in [0.25, 0.3) is 5.91 Å². The molecule has 2 aliphatic heterocycles. The lowest BCUT2D eigenvalue weighted by Gasteiger charge is -2.47. The molecule has 6 nitrogen and oxygen atoms in total. The molecule has 0 saturated carbocycles. The van der Waals surface area contributed by atoms with Gasteiger partial charge in [0.15, 0.2) is 0 Å². The Kier molecular flexibility index (Phi) is 8.70. The van der Waals surface area contributed by atoms with Crippen molar-refractivity contribution in [3.8, 4) is 0 Å². The highest BCUT2D eigenvalue weighted by Crippen LogP contribution is 2.30. The number of benzene rings is 1. The van der Waals surface area contributed by atoms with Crippen LogP contribution in [0.3, 0.4) is 0 Å². The first-order valence-electron chi connectivity index (χ1n) is 12.4. The fourth-order valence-corrected chi connectivity index (χ4v) is 5.63. The Hall–Kier alpha value is -1.86. The number of carbonyl (C=O) groups is 1. The van der Waals surface area contributed by atoms with Crippen molar-refractivity contribution < 1.29 is 4.79 Å². The summed E-state index contributed by atoms with van der Waals surface area (Å²) >= 11 is 12.6. The van der Waals surface area contributed by atoms with Gasteiger partial charge in [0.2, 0.25) is 0 Å². The zero-order chi connectivity index (χ0) is 24.1. The van der Waals surface area contributed by atoms with E-state index in [2.05, 4.69) is 44.1 Å². The molecular formula is C26H35Cl2N5O. The molecule has 1 amide bonds. The van der Waals surface area contributed by atoms with Crippen molar-refractivity contribution in [3.05, 3.63) is 57.7 Å². The molecule has 4 rings (SSSR count). The minimum atomic E-state index is -0.137. The van der Waals surface area contributed by atoms with Gasteiger partial charge in [-0.05, 0) is 63.0 Å². The van der Waals surface area contributed by atoms with Crippen LogP contribution in [0.15, 0.2) is 36.5 Å². The van der Waals surface area contributed by atoms with Crippen LogP contribution in [0, 0.1) is 0 Å². The Morgan fingerprint density at radius 2 is 1.82 bits per heavy atom. The zero-order valence-electron chi connectivity index (χ0n) is 20.1. The Bertz CT molecular complexity index is 962. The minimum absolute atomic E-state index is 0.137. The van der Waals surface area contributed by atoms with Crippen LogP contribution in [-0.2, 0) is 6.54 Å². The highest BCUT2D eigenvalue weighted by molar-refractivity contribution is 6.33. The van der Waals surface area contributed by atoms with Gasteiger partial charge in [-0.25, -0.2) is 4.98 Å². The summed E-state index contributed by atoms with van der Waals surface area (Å²) in [5, 5.41) is 4.14. The van der Waals surface area contributed by atoms with E-state index in [0.29, 0.717) is 29.2 Å². The number of pyridine rings is 1. The molecule has 1 aromatic heterocycles. The number of halogens is 2. The Balaban J connectivity index is 1.33. The van der Waals surface area contributed by atoms with Gasteiger partial charge in [-0.3, -0.25) is 14.6 Å². The maximum atomic E-state index is 12.1. The molecule has 0 unspecified atom stereocenters. The van der Waals surface area contributed by atoms with Crippen molar-refractivity contribution >= 4 is 34.9 Å². The van der Waals surface area contributed by atoms with Crippen LogP contribution in [0.1, 0.15) is 49.0 Å². The van der Waals surface area contributed by atoms with E-state index in [1.54, 1.807) is 12.3 Å². The zero-order valence-corrected chi connectivity index (χ0v) is 21.7. The number of piperidine rings is 1.